The number of aliphatic carboxylic acids is 2. The second-order valence-electron chi connectivity index (χ2n) is 9.14. The van der Waals surface area contributed by atoms with Gasteiger partial charge in [-0.25, -0.2) is 0 Å². The Morgan fingerprint density at radius 1 is 0.533 bits per heavy atom. The maximum Gasteiger partial charge on any atom is 0.307 e. The first-order valence-electron chi connectivity index (χ1n) is 13.0. The zero-order chi connectivity index (χ0) is 22.3. The minimum atomic E-state index is -1.02. The standard InChI is InChI=1S/C26H50O4/c1-2-3-4-5-6-7-8-9-10-11-12-13-14-15-16-17-18-19-20-21-22-24(26(29)30)23-25(27)28/h24H,2-23H2,1H3,(H,27,28)(H,29,30). The van der Waals surface area contributed by atoms with Crippen molar-refractivity contribution in [1.82, 2.24) is 0 Å². The summed E-state index contributed by atoms with van der Waals surface area (Å²) in [7, 11) is 0. The summed E-state index contributed by atoms with van der Waals surface area (Å²) in [5.74, 6) is -2.72. The number of rotatable bonds is 24. The van der Waals surface area contributed by atoms with E-state index in [1.165, 1.54) is 109 Å². The van der Waals surface area contributed by atoms with Gasteiger partial charge in [-0.15, -0.1) is 0 Å². The van der Waals surface area contributed by atoms with Crippen LogP contribution in [0.5, 0.6) is 0 Å². The summed E-state index contributed by atoms with van der Waals surface area (Å²) in [5, 5.41) is 17.8. The smallest absolute Gasteiger partial charge is 0.307 e. The molecule has 4 heteroatoms. The van der Waals surface area contributed by atoms with Crippen LogP contribution >= 0.6 is 0 Å². The van der Waals surface area contributed by atoms with E-state index in [1.54, 1.807) is 0 Å². The normalized spacial score (nSPS) is 12.2. The van der Waals surface area contributed by atoms with E-state index >= 15 is 0 Å². The molecule has 0 saturated heterocycles. The topological polar surface area (TPSA) is 74.6 Å². The number of carbonyl (C=O) groups is 2. The van der Waals surface area contributed by atoms with E-state index in [1.807, 2.05) is 0 Å². The predicted molar refractivity (Wildman–Crippen MR) is 126 cm³/mol. The highest BCUT2D eigenvalue weighted by atomic mass is 16.4. The molecule has 30 heavy (non-hydrogen) atoms. The van der Waals surface area contributed by atoms with Crippen LogP contribution in [0.25, 0.3) is 0 Å². The van der Waals surface area contributed by atoms with Gasteiger partial charge in [-0.05, 0) is 6.42 Å². The van der Waals surface area contributed by atoms with Gasteiger partial charge in [0.1, 0.15) is 0 Å². The number of unbranched alkanes of at least 4 members (excludes halogenated alkanes) is 19. The van der Waals surface area contributed by atoms with Gasteiger partial charge in [0.05, 0.1) is 12.3 Å². The summed E-state index contributed by atoms with van der Waals surface area (Å²) < 4.78 is 0. The molecule has 0 aliphatic rings. The average molecular weight is 427 g/mol. The third-order valence-corrected chi connectivity index (χ3v) is 6.18. The van der Waals surface area contributed by atoms with E-state index < -0.39 is 17.9 Å². The molecule has 0 saturated carbocycles. The maximum absolute atomic E-state index is 11.0. The van der Waals surface area contributed by atoms with E-state index in [9.17, 15) is 9.59 Å². The van der Waals surface area contributed by atoms with E-state index in [2.05, 4.69) is 6.92 Å². The van der Waals surface area contributed by atoms with Crippen molar-refractivity contribution in [3.63, 3.8) is 0 Å². The molecule has 0 radical (unpaired) electrons. The Morgan fingerprint density at radius 2 is 0.833 bits per heavy atom. The lowest BCUT2D eigenvalue weighted by Gasteiger charge is -2.09. The van der Waals surface area contributed by atoms with Gasteiger partial charge in [0.15, 0.2) is 0 Å². The molecule has 0 aromatic carbocycles. The summed E-state index contributed by atoms with van der Waals surface area (Å²) in [6.07, 6.45) is 26.7. The molecule has 0 aliphatic heterocycles. The monoisotopic (exact) mass is 426 g/mol. The zero-order valence-electron chi connectivity index (χ0n) is 19.8. The Kier molecular flexibility index (Phi) is 21.8. The second-order valence-corrected chi connectivity index (χ2v) is 9.14. The van der Waals surface area contributed by atoms with Gasteiger partial charge in [0.2, 0.25) is 0 Å². The van der Waals surface area contributed by atoms with Crippen molar-refractivity contribution in [3.8, 4) is 0 Å². The molecule has 1 atom stereocenters. The van der Waals surface area contributed by atoms with Crippen molar-refractivity contribution >= 4 is 11.9 Å². The van der Waals surface area contributed by atoms with Gasteiger partial charge in [-0.3, -0.25) is 9.59 Å². The third kappa shape index (κ3) is 21.6. The highest BCUT2D eigenvalue weighted by Crippen LogP contribution is 2.17. The molecule has 0 spiro atoms. The SMILES string of the molecule is CCCCCCCCCCCCCCCCCCCCCCC(CC(=O)O)C(=O)O. The Bertz CT molecular complexity index is 394. The van der Waals surface area contributed by atoms with E-state index in [0.717, 1.165) is 19.3 Å². The quantitative estimate of drug-likeness (QED) is 0.152. The lowest BCUT2D eigenvalue weighted by atomic mass is 9.97. The Hall–Kier alpha value is -1.06. The second kappa shape index (κ2) is 22.6. The molecule has 0 aliphatic carbocycles. The molecule has 0 aromatic rings. The summed E-state index contributed by atoms with van der Waals surface area (Å²) in [5.41, 5.74) is 0. The van der Waals surface area contributed by atoms with Crippen LogP contribution < -0.4 is 0 Å². The highest BCUT2D eigenvalue weighted by molar-refractivity contribution is 5.77. The lowest BCUT2D eigenvalue weighted by Crippen LogP contribution is -2.17. The van der Waals surface area contributed by atoms with Crippen LogP contribution in [-0.4, -0.2) is 22.2 Å². The first-order chi connectivity index (χ1) is 14.6. The van der Waals surface area contributed by atoms with Gasteiger partial charge in [0.25, 0.3) is 0 Å². The summed E-state index contributed by atoms with van der Waals surface area (Å²) in [4.78, 5) is 21.7. The highest BCUT2D eigenvalue weighted by Gasteiger charge is 2.20. The van der Waals surface area contributed by atoms with Crippen molar-refractivity contribution in [2.75, 3.05) is 0 Å². The minimum Gasteiger partial charge on any atom is -0.481 e. The molecule has 0 bridgehead atoms. The van der Waals surface area contributed by atoms with E-state index in [-0.39, 0.29) is 6.42 Å². The fourth-order valence-corrected chi connectivity index (χ4v) is 4.17. The number of carboxylic acids is 2. The maximum atomic E-state index is 11.0. The zero-order valence-corrected chi connectivity index (χ0v) is 19.8. The molecule has 2 N–H and O–H groups in total. The first-order valence-corrected chi connectivity index (χ1v) is 13.0. The Balaban J connectivity index is 3.21. The fraction of sp³-hybridized carbons (Fsp3) is 0.923. The van der Waals surface area contributed by atoms with Crippen LogP contribution in [-0.2, 0) is 9.59 Å². The molecule has 178 valence electrons. The van der Waals surface area contributed by atoms with Gasteiger partial charge in [-0.1, -0.05) is 135 Å². The Labute approximate surface area is 186 Å². The van der Waals surface area contributed by atoms with Crippen LogP contribution in [0.3, 0.4) is 0 Å². The molecule has 0 aromatic heterocycles. The molecule has 1 unspecified atom stereocenters. The summed E-state index contributed by atoms with van der Waals surface area (Å²) in [6, 6.07) is 0. The first kappa shape index (κ1) is 28.9. The molecular weight excluding hydrogens is 376 g/mol. The van der Waals surface area contributed by atoms with Crippen molar-refractivity contribution in [3.05, 3.63) is 0 Å². The Morgan fingerprint density at radius 3 is 1.10 bits per heavy atom. The average Bonchev–Trinajstić information content (AvgIpc) is 2.71. The van der Waals surface area contributed by atoms with Crippen LogP contribution in [0.4, 0.5) is 0 Å². The van der Waals surface area contributed by atoms with Gasteiger partial charge >= 0.3 is 11.9 Å². The van der Waals surface area contributed by atoms with Crippen molar-refractivity contribution in [2.45, 2.75) is 148 Å². The van der Waals surface area contributed by atoms with Crippen LogP contribution in [0.15, 0.2) is 0 Å². The number of hydrogen-bond donors (Lipinski definition) is 2. The molecule has 0 rings (SSSR count). The van der Waals surface area contributed by atoms with E-state index in [4.69, 9.17) is 10.2 Å². The van der Waals surface area contributed by atoms with Gasteiger partial charge in [0, 0.05) is 0 Å². The van der Waals surface area contributed by atoms with Crippen LogP contribution in [0.1, 0.15) is 148 Å². The third-order valence-electron chi connectivity index (χ3n) is 6.18. The molecule has 0 amide bonds. The van der Waals surface area contributed by atoms with Gasteiger partial charge in [-0.2, -0.15) is 0 Å². The number of carboxylic acid groups (broad SMARTS) is 2. The summed E-state index contributed by atoms with van der Waals surface area (Å²) >= 11 is 0. The molecular formula is C26H50O4. The fourth-order valence-electron chi connectivity index (χ4n) is 4.17. The largest absolute Gasteiger partial charge is 0.481 e. The van der Waals surface area contributed by atoms with Crippen molar-refractivity contribution in [2.24, 2.45) is 5.92 Å². The van der Waals surface area contributed by atoms with Crippen molar-refractivity contribution < 1.29 is 19.8 Å². The number of hydrogen-bond acceptors (Lipinski definition) is 2. The van der Waals surface area contributed by atoms with Crippen LogP contribution in [0, 0.1) is 5.92 Å². The minimum absolute atomic E-state index is 0.255. The predicted octanol–water partition coefficient (Wildman–Crippen LogP) is 8.37. The van der Waals surface area contributed by atoms with Crippen molar-refractivity contribution in [1.29, 1.82) is 0 Å². The van der Waals surface area contributed by atoms with E-state index in [0.29, 0.717) is 6.42 Å². The van der Waals surface area contributed by atoms with Crippen LogP contribution in [0.2, 0.25) is 0 Å². The van der Waals surface area contributed by atoms with Gasteiger partial charge < -0.3 is 10.2 Å². The molecule has 0 heterocycles. The lowest BCUT2D eigenvalue weighted by molar-refractivity contribution is -0.148. The molecule has 4 nitrogen and oxygen atoms in total. The molecule has 0 fully saturated rings. The summed E-state index contributed by atoms with van der Waals surface area (Å²) in [6.45, 7) is 2.28.